The largest absolute Gasteiger partial charge is 0.373 e. The van der Waals surface area contributed by atoms with Crippen molar-refractivity contribution in [1.82, 2.24) is 0 Å². The smallest absolute Gasteiger partial charge is 0.246 e. The standard InChI is InChI=1S/C7H9F2IO/c8-5(9)6-1-7(2-6,3-10)11-4-6/h5H,1-4H2. The number of fused-ring (bicyclic) bond motifs is 1. The molecule has 0 radical (unpaired) electrons. The Bertz CT molecular complexity index is 177. The molecule has 11 heavy (non-hydrogen) atoms. The van der Waals surface area contributed by atoms with Crippen LogP contribution < -0.4 is 0 Å². The van der Waals surface area contributed by atoms with E-state index in [-0.39, 0.29) is 12.2 Å². The van der Waals surface area contributed by atoms with Gasteiger partial charge in [-0.05, 0) is 12.8 Å². The van der Waals surface area contributed by atoms with Crippen LogP contribution in [0.4, 0.5) is 8.78 Å². The predicted molar refractivity (Wildman–Crippen MR) is 45.2 cm³/mol. The van der Waals surface area contributed by atoms with Crippen LogP contribution in [-0.2, 0) is 4.74 Å². The van der Waals surface area contributed by atoms with Gasteiger partial charge in [0.25, 0.3) is 0 Å². The minimum atomic E-state index is -2.19. The van der Waals surface area contributed by atoms with Crippen LogP contribution in [0.5, 0.6) is 0 Å². The number of hydrogen-bond donors (Lipinski definition) is 0. The van der Waals surface area contributed by atoms with Gasteiger partial charge in [-0.2, -0.15) is 0 Å². The van der Waals surface area contributed by atoms with Crippen LogP contribution in [0, 0.1) is 5.41 Å². The van der Waals surface area contributed by atoms with Crippen LogP contribution in [0.25, 0.3) is 0 Å². The topological polar surface area (TPSA) is 9.23 Å². The number of hydrogen-bond acceptors (Lipinski definition) is 1. The Hall–Kier alpha value is 0.550. The van der Waals surface area contributed by atoms with Crippen LogP contribution >= 0.6 is 22.6 Å². The maximum absolute atomic E-state index is 12.4. The third-order valence-electron chi connectivity index (χ3n) is 2.72. The van der Waals surface area contributed by atoms with Crippen molar-refractivity contribution >= 4 is 22.6 Å². The van der Waals surface area contributed by atoms with E-state index in [2.05, 4.69) is 22.6 Å². The highest BCUT2D eigenvalue weighted by Crippen LogP contribution is 2.61. The molecule has 0 unspecified atom stereocenters. The average Bonchev–Trinajstić information content (AvgIpc) is 2.39. The normalized spacial score (nSPS) is 48.0. The van der Waals surface area contributed by atoms with Gasteiger partial charge in [0.05, 0.1) is 17.6 Å². The second kappa shape index (κ2) is 2.28. The minimum absolute atomic E-state index is 0.170. The first-order chi connectivity index (χ1) is 5.13. The van der Waals surface area contributed by atoms with E-state index >= 15 is 0 Å². The summed E-state index contributed by atoms with van der Waals surface area (Å²) in [7, 11) is 0. The monoisotopic (exact) mass is 274 g/mol. The van der Waals surface area contributed by atoms with Crippen molar-refractivity contribution in [3.8, 4) is 0 Å². The van der Waals surface area contributed by atoms with Gasteiger partial charge in [-0.25, -0.2) is 8.78 Å². The molecule has 4 heteroatoms. The molecule has 0 amide bonds. The molecule has 0 aromatic rings. The molecule has 1 saturated carbocycles. The van der Waals surface area contributed by atoms with Gasteiger partial charge in [0.1, 0.15) is 0 Å². The lowest BCUT2D eigenvalue weighted by Gasteiger charge is -2.42. The zero-order valence-electron chi connectivity index (χ0n) is 5.95. The summed E-state index contributed by atoms with van der Waals surface area (Å²) in [6, 6.07) is 0. The van der Waals surface area contributed by atoms with Gasteiger partial charge < -0.3 is 4.74 Å². The lowest BCUT2D eigenvalue weighted by atomic mass is 9.63. The first-order valence-electron chi connectivity index (χ1n) is 3.61. The Balaban J connectivity index is 2.08. The first-order valence-corrected chi connectivity index (χ1v) is 5.13. The fraction of sp³-hybridized carbons (Fsp3) is 1.00. The molecular weight excluding hydrogens is 265 g/mol. The highest BCUT2D eigenvalue weighted by molar-refractivity contribution is 14.1. The molecule has 2 aliphatic heterocycles. The Kier molecular flexibility index (Phi) is 1.69. The summed E-state index contributed by atoms with van der Waals surface area (Å²) in [6.07, 6.45) is -1.05. The first kappa shape index (κ1) is 8.16. The van der Waals surface area contributed by atoms with Crippen molar-refractivity contribution in [2.75, 3.05) is 11.0 Å². The molecular formula is C7H9F2IO. The van der Waals surface area contributed by atoms with Gasteiger partial charge in [-0.1, -0.05) is 22.6 Å². The molecule has 1 nitrogen and oxygen atoms in total. The number of halogens is 3. The van der Waals surface area contributed by atoms with Crippen LogP contribution in [-0.4, -0.2) is 23.1 Å². The Morgan fingerprint density at radius 2 is 2.09 bits per heavy atom. The summed E-state index contributed by atoms with van der Waals surface area (Å²) in [5.74, 6) is 0. The summed E-state index contributed by atoms with van der Waals surface area (Å²) in [6.45, 7) is 0.271. The van der Waals surface area contributed by atoms with E-state index in [1.807, 2.05) is 0 Å². The van der Waals surface area contributed by atoms with Crippen molar-refractivity contribution in [2.45, 2.75) is 24.9 Å². The van der Waals surface area contributed by atoms with Crippen LogP contribution in [0.2, 0.25) is 0 Å². The highest BCUT2D eigenvalue weighted by Gasteiger charge is 2.66. The van der Waals surface area contributed by atoms with Crippen molar-refractivity contribution < 1.29 is 13.5 Å². The molecule has 0 aromatic heterocycles. The highest BCUT2D eigenvalue weighted by atomic mass is 127. The minimum Gasteiger partial charge on any atom is -0.373 e. The van der Waals surface area contributed by atoms with Gasteiger partial charge in [0.2, 0.25) is 6.43 Å². The van der Waals surface area contributed by atoms with Crippen LogP contribution in [0.3, 0.4) is 0 Å². The molecule has 0 aromatic carbocycles. The third kappa shape index (κ3) is 0.946. The van der Waals surface area contributed by atoms with E-state index in [9.17, 15) is 8.78 Å². The number of ether oxygens (including phenoxy) is 1. The number of rotatable bonds is 2. The van der Waals surface area contributed by atoms with Crippen molar-refractivity contribution in [3.63, 3.8) is 0 Å². The summed E-state index contributed by atoms with van der Waals surface area (Å²) in [4.78, 5) is 0. The lowest BCUT2D eigenvalue weighted by Crippen LogP contribution is -2.49. The summed E-state index contributed by atoms with van der Waals surface area (Å²) >= 11 is 2.20. The molecule has 1 aliphatic carbocycles. The number of alkyl halides is 3. The molecule has 2 saturated heterocycles. The van der Waals surface area contributed by atoms with E-state index in [0.717, 1.165) is 4.43 Å². The maximum Gasteiger partial charge on any atom is 0.246 e. The summed E-state index contributed by atoms with van der Waals surface area (Å²) in [5, 5.41) is 0. The van der Waals surface area contributed by atoms with Gasteiger partial charge in [-0.15, -0.1) is 0 Å². The quantitative estimate of drug-likeness (QED) is 0.554. The van der Waals surface area contributed by atoms with Gasteiger partial charge in [-0.3, -0.25) is 0 Å². The molecule has 0 N–H and O–H groups in total. The fourth-order valence-corrected chi connectivity index (χ4v) is 2.84. The second-order valence-corrected chi connectivity index (χ2v) is 4.38. The van der Waals surface area contributed by atoms with Crippen molar-refractivity contribution in [2.24, 2.45) is 5.41 Å². The summed E-state index contributed by atoms with van der Waals surface area (Å²) in [5.41, 5.74) is -0.928. The van der Waals surface area contributed by atoms with Crippen molar-refractivity contribution in [1.29, 1.82) is 0 Å². The van der Waals surface area contributed by atoms with E-state index in [1.165, 1.54) is 0 Å². The van der Waals surface area contributed by atoms with Crippen LogP contribution in [0.15, 0.2) is 0 Å². The van der Waals surface area contributed by atoms with Gasteiger partial charge >= 0.3 is 0 Å². The second-order valence-electron chi connectivity index (χ2n) is 3.62. The molecule has 3 rings (SSSR count). The SMILES string of the molecule is FC(F)C12COC(CI)(C1)C2. The van der Waals surface area contributed by atoms with Crippen LogP contribution in [0.1, 0.15) is 12.8 Å². The molecule has 64 valence electrons. The van der Waals surface area contributed by atoms with E-state index in [1.54, 1.807) is 0 Å². The molecule has 3 fully saturated rings. The van der Waals surface area contributed by atoms with Gasteiger partial charge in [0, 0.05) is 4.43 Å². The molecule has 2 bridgehead atoms. The average molecular weight is 274 g/mol. The Labute approximate surface area is 77.6 Å². The van der Waals surface area contributed by atoms with Gasteiger partial charge in [0.15, 0.2) is 0 Å². The van der Waals surface area contributed by atoms with E-state index < -0.39 is 11.8 Å². The fourth-order valence-electron chi connectivity index (χ4n) is 2.08. The Morgan fingerprint density at radius 1 is 1.45 bits per heavy atom. The van der Waals surface area contributed by atoms with E-state index in [4.69, 9.17) is 4.74 Å². The lowest BCUT2D eigenvalue weighted by molar-refractivity contribution is -0.0620. The molecule has 3 aliphatic rings. The zero-order chi connectivity index (χ0) is 8.11. The maximum atomic E-state index is 12.4. The third-order valence-corrected chi connectivity index (χ3v) is 4.11. The predicted octanol–water partition coefficient (Wildman–Crippen LogP) is 2.24. The molecule has 2 heterocycles. The molecule has 0 atom stereocenters. The molecule has 0 spiro atoms. The van der Waals surface area contributed by atoms with E-state index in [0.29, 0.717) is 12.8 Å². The summed E-state index contributed by atoms with van der Waals surface area (Å²) < 4.78 is 31.0. The zero-order valence-corrected chi connectivity index (χ0v) is 8.11. The van der Waals surface area contributed by atoms with Crippen molar-refractivity contribution in [3.05, 3.63) is 0 Å². The Morgan fingerprint density at radius 3 is 2.36 bits per heavy atom.